The van der Waals surface area contributed by atoms with Crippen LogP contribution < -0.4 is 5.73 Å². The van der Waals surface area contributed by atoms with Crippen LogP contribution in [0.1, 0.15) is 37.0 Å². The largest absolute Gasteiger partial charge is 0.364 e. The molecule has 1 amide bonds. The predicted molar refractivity (Wildman–Crippen MR) is 127 cm³/mol. The molecule has 1 aliphatic heterocycles. The molecular weight excluding hydrogens is 469 g/mol. The number of aromatic nitrogens is 8. The summed E-state index contributed by atoms with van der Waals surface area (Å²) in [5.41, 5.74) is 7.14. The second-order valence-corrected chi connectivity index (χ2v) is 9.31. The summed E-state index contributed by atoms with van der Waals surface area (Å²) in [7, 11) is 1.68. The van der Waals surface area contributed by atoms with Crippen LogP contribution in [0.3, 0.4) is 0 Å². The topological polar surface area (TPSA) is 141 Å². The number of hydrogen-bond donors (Lipinski definition) is 1. The molecule has 0 saturated carbocycles. The van der Waals surface area contributed by atoms with Crippen molar-refractivity contribution < 1.29 is 18.7 Å². The van der Waals surface area contributed by atoms with E-state index in [2.05, 4.69) is 25.3 Å². The number of hydrogen-bond acceptors (Lipinski definition) is 8. The molecule has 36 heavy (non-hydrogen) atoms. The zero-order chi connectivity index (χ0) is 25.8. The Kier molecular flexibility index (Phi) is 5.83. The van der Waals surface area contributed by atoms with Gasteiger partial charge in [-0.15, -0.1) is 5.10 Å². The number of nitrogens with zero attached hydrogens (tertiary/aromatic N) is 8. The quantitative estimate of drug-likeness (QED) is 0.427. The van der Waals surface area contributed by atoms with E-state index in [1.165, 1.54) is 9.36 Å². The second-order valence-electron chi connectivity index (χ2n) is 9.31. The molecule has 0 spiro atoms. The summed E-state index contributed by atoms with van der Waals surface area (Å²) in [5, 5.41) is 13.8. The smallest absolute Gasteiger partial charge is 0.267 e. The molecule has 0 unspecified atom stereocenters. The fraction of sp³-hybridized carbons (Fsp3) is 0.478. The van der Waals surface area contributed by atoms with Gasteiger partial charge in [0.05, 0.1) is 30.6 Å². The van der Waals surface area contributed by atoms with Gasteiger partial charge in [0.1, 0.15) is 17.1 Å². The van der Waals surface area contributed by atoms with Crippen LogP contribution in [0.5, 0.6) is 0 Å². The van der Waals surface area contributed by atoms with Gasteiger partial charge in [0, 0.05) is 31.4 Å². The van der Waals surface area contributed by atoms with E-state index in [1.54, 1.807) is 30.9 Å². The van der Waals surface area contributed by atoms with Crippen molar-refractivity contribution in [1.29, 1.82) is 0 Å². The molecule has 1 fully saturated rings. The maximum absolute atomic E-state index is 14.9. The van der Waals surface area contributed by atoms with Crippen LogP contribution in [0, 0.1) is 18.7 Å². The third-order valence-corrected chi connectivity index (χ3v) is 6.20. The highest BCUT2D eigenvalue weighted by molar-refractivity contribution is 5.99. The Labute approximate surface area is 206 Å². The maximum Gasteiger partial charge on any atom is 0.267 e. The number of pyridine rings is 1. The van der Waals surface area contributed by atoms with Gasteiger partial charge in [0.25, 0.3) is 5.91 Å². The summed E-state index contributed by atoms with van der Waals surface area (Å²) in [5.74, 6) is -1.22. The van der Waals surface area contributed by atoms with E-state index < -0.39 is 17.5 Å². The van der Waals surface area contributed by atoms with Gasteiger partial charge < -0.3 is 15.2 Å². The third kappa shape index (κ3) is 4.13. The van der Waals surface area contributed by atoms with E-state index >= 15 is 0 Å². The first-order valence-electron chi connectivity index (χ1n) is 11.7. The monoisotopic (exact) mass is 497 g/mol. The molecule has 13 heteroatoms. The van der Waals surface area contributed by atoms with Crippen molar-refractivity contribution in [3.05, 3.63) is 29.5 Å². The van der Waals surface area contributed by atoms with Gasteiger partial charge in [-0.3, -0.25) is 14.2 Å². The van der Waals surface area contributed by atoms with Crippen molar-refractivity contribution in [2.75, 3.05) is 13.2 Å². The average molecular weight is 498 g/mol. The summed E-state index contributed by atoms with van der Waals surface area (Å²) in [6.45, 7) is 9.18. The highest BCUT2D eigenvalue weighted by Crippen LogP contribution is 2.30. The normalized spacial score (nSPS) is 16.2. The van der Waals surface area contributed by atoms with Crippen molar-refractivity contribution in [2.24, 2.45) is 18.7 Å². The molecule has 1 aliphatic rings. The van der Waals surface area contributed by atoms with Crippen LogP contribution in [0.2, 0.25) is 0 Å². The van der Waals surface area contributed by atoms with Crippen LogP contribution in [-0.4, -0.2) is 64.2 Å². The molecule has 4 aromatic heterocycles. The molecule has 12 nitrogen and oxygen atoms in total. The van der Waals surface area contributed by atoms with Crippen LogP contribution in [0.4, 0.5) is 4.39 Å². The third-order valence-electron chi connectivity index (χ3n) is 6.20. The number of aryl methyl sites for hydroxylation is 3. The van der Waals surface area contributed by atoms with E-state index in [0.29, 0.717) is 48.7 Å². The number of primary amides is 1. The molecule has 0 bridgehead atoms. The van der Waals surface area contributed by atoms with E-state index in [9.17, 15) is 9.18 Å². The number of carbonyl (C=O) groups is 1. The van der Waals surface area contributed by atoms with E-state index in [-0.39, 0.29) is 28.8 Å². The van der Waals surface area contributed by atoms with Crippen LogP contribution in [-0.2, 0) is 29.6 Å². The molecule has 0 aromatic carbocycles. The van der Waals surface area contributed by atoms with Crippen LogP contribution in [0.15, 0.2) is 12.3 Å². The van der Waals surface area contributed by atoms with Crippen molar-refractivity contribution in [3.8, 4) is 23.0 Å². The predicted octanol–water partition coefficient (Wildman–Crippen LogP) is 2.06. The molecule has 0 radical (unpaired) electrons. The first-order valence-corrected chi connectivity index (χ1v) is 11.7. The molecule has 0 atom stereocenters. The zero-order valence-electron chi connectivity index (χ0n) is 20.8. The average Bonchev–Trinajstić information content (AvgIpc) is 3.50. The number of halogens is 1. The minimum atomic E-state index is -0.690. The Hall–Kier alpha value is -3.71. The first-order chi connectivity index (χ1) is 17.1. The maximum atomic E-state index is 14.9. The fourth-order valence-corrected chi connectivity index (χ4v) is 4.28. The van der Waals surface area contributed by atoms with Gasteiger partial charge in [-0.1, -0.05) is 0 Å². The van der Waals surface area contributed by atoms with Crippen molar-refractivity contribution in [3.63, 3.8) is 0 Å². The highest BCUT2D eigenvalue weighted by Gasteiger charge is 2.30. The molecule has 0 aliphatic carbocycles. The second kappa shape index (κ2) is 8.75. The Morgan fingerprint density at radius 2 is 1.94 bits per heavy atom. The SMILES string of the molecule is CCn1nc(C)c(F)c1-c1nc(-c2nc(C(N)=O)cc3c2cnn3CC2COC(C)(C)OC2)n(C)n1. The van der Waals surface area contributed by atoms with Crippen molar-refractivity contribution >= 4 is 16.8 Å². The Balaban J connectivity index is 1.59. The van der Waals surface area contributed by atoms with Gasteiger partial charge >= 0.3 is 0 Å². The van der Waals surface area contributed by atoms with Gasteiger partial charge in [0.15, 0.2) is 17.4 Å². The lowest BCUT2D eigenvalue weighted by Crippen LogP contribution is -2.40. The van der Waals surface area contributed by atoms with Crippen LogP contribution in [0.25, 0.3) is 33.9 Å². The summed E-state index contributed by atoms with van der Waals surface area (Å²) in [4.78, 5) is 21.2. The minimum absolute atomic E-state index is 0.0571. The van der Waals surface area contributed by atoms with Crippen molar-refractivity contribution in [1.82, 2.24) is 39.3 Å². The standard InChI is InChI=1S/C23H28FN9O3/c1-6-32-19(17(24)12(2)29-32)21-28-22(31(5)30-21)18-14-8-26-33(16(14)7-15(27-18)20(25)34)9-13-10-35-23(3,4)36-11-13/h7-8,13H,6,9-11H2,1-5H3,(H2,25,34). The Bertz CT molecular complexity index is 1460. The number of ether oxygens (including phenoxy) is 2. The molecule has 4 aromatic rings. The zero-order valence-corrected chi connectivity index (χ0v) is 20.8. The molecule has 5 rings (SSSR count). The molecule has 2 N–H and O–H groups in total. The van der Waals surface area contributed by atoms with E-state index in [0.717, 1.165) is 0 Å². The lowest BCUT2D eigenvalue weighted by molar-refractivity contribution is -0.263. The number of nitrogens with two attached hydrogens (primary N) is 1. The first kappa shape index (κ1) is 24.0. The highest BCUT2D eigenvalue weighted by atomic mass is 19.1. The van der Waals surface area contributed by atoms with Crippen molar-refractivity contribution in [2.45, 2.75) is 46.6 Å². The molecule has 1 saturated heterocycles. The lowest BCUT2D eigenvalue weighted by Gasteiger charge is -2.34. The lowest BCUT2D eigenvalue weighted by atomic mass is 10.1. The number of rotatable bonds is 6. The number of carbonyl (C=O) groups excluding carboxylic acids is 1. The summed E-state index contributed by atoms with van der Waals surface area (Å²) >= 11 is 0. The number of fused-ring (bicyclic) bond motifs is 1. The van der Waals surface area contributed by atoms with Gasteiger partial charge in [0.2, 0.25) is 5.82 Å². The Morgan fingerprint density at radius 3 is 2.61 bits per heavy atom. The van der Waals surface area contributed by atoms with E-state index in [4.69, 9.17) is 15.2 Å². The van der Waals surface area contributed by atoms with Gasteiger partial charge in [-0.25, -0.2) is 19.0 Å². The minimum Gasteiger partial charge on any atom is -0.364 e. The molecule has 5 heterocycles. The summed E-state index contributed by atoms with van der Waals surface area (Å²) < 4.78 is 31.2. The molecule has 190 valence electrons. The number of amides is 1. The van der Waals surface area contributed by atoms with Gasteiger partial charge in [-0.2, -0.15) is 10.2 Å². The molecular formula is C23H28FN9O3. The fourth-order valence-electron chi connectivity index (χ4n) is 4.28. The summed E-state index contributed by atoms with van der Waals surface area (Å²) in [6.07, 6.45) is 1.66. The van der Waals surface area contributed by atoms with Crippen LogP contribution >= 0.6 is 0 Å². The van der Waals surface area contributed by atoms with Gasteiger partial charge in [-0.05, 0) is 33.8 Å². The summed E-state index contributed by atoms with van der Waals surface area (Å²) in [6, 6.07) is 1.61. The Morgan fingerprint density at radius 1 is 1.22 bits per heavy atom. The van der Waals surface area contributed by atoms with E-state index in [1.807, 2.05) is 20.8 Å².